The van der Waals surface area contributed by atoms with Gasteiger partial charge in [0.05, 0.1) is 23.0 Å². The number of carbonyl (C=O) groups excluding carboxylic acids is 2. The number of likely N-dealkylation sites (tertiary alicyclic amines) is 1. The number of carbonyl (C=O) groups is 2. The molecule has 0 radical (unpaired) electrons. The van der Waals surface area contributed by atoms with Gasteiger partial charge in [0.1, 0.15) is 0 Å². The van der Waals surface area contributed by atoms with Crippen molar-refractivity contribution in [3.8, 4) is 0 Å². The average molecular weight is 295 g/mol. The van der Waals surface area contributed by atoms with Gasteiger partial charge in [0.25, 0.3) is 5.91 Å². The number of Topliss-reactive ketones (excluding diaryl/α,β-unsaturated/α-hetero) is 1. The van der Waals surface area contributed by atoms with Gasteiger partial charge in [-0.05, 0) is 19.1 Å². The van der Waals surface area contributed by atoms with E-state index >= 15 is 0 Å². The zero-order valence-electron chi connectivity index (χ0n) is 11.4. The van der Waals surface area contributed by atoms with E-state index in [0.717, 1.165) is 0 Å². The Bertz CT molecular complexity index is 523. The maximum atomic E-state index is 12.4. The lowest BCUT2D eigenvalue weighted by Crippen LogP contribution is -2.47. The van der Waals surface area contributed by atoms with E-state index in [1.165, 1.54) is 18.3 Å². The van der Waals surface area contributed by atoms with Gasteiger partial charge >= 0.3 is 0 Å². The Kier molecular flexibility index (Phi) is 3.62. The van der Waals surface area contributed by atoms with Crippen molar-refractivity contribution in [2.45, 2.75) is 25.6 Å². The SMILES string of the molecule is CC(=O)c1ccc(C(=O)N2CCC3(CC2)OCCO3)s1. The Labute approximate surface area is 121 Å². The van der Waals surface area contributed by atoms with Gasteiger partial charge in [0, 0.05) is 25.9 Å². The van der Waals surface area contributed by atoms with Crippen LogP contribution in [0.3, 0.4) is 0 Å². The zero-order chi connectivity index (χ0) is 14.2. The van der Waals surface area contributed by atoms with Crippen LogP contribution in [0.2, 0.25) is 0 Å². The fraction of sp³-hybridized carbons (Fsp3) is 0.571. The first-order chi connectivity index (χ1) is 9.60. The molecule has 1 spiro atoms. The number of thiophene rings is 1. The third-order valence-electron chi connectivity index (χ3n) is 3.79. The summed E-state index contributed by atoms with van der Waals surface area (Å²) in [4.78, 5) is 26.7. The van der Waals surface area contributed by atoms with Crippen molar-refractivity contribution >= 4 is 23.0 Å². The molecule has 0 aliphatic carbocycles. The Morgan fingerprint density at radius 3 is 2.30 bits per heavy atom. The number of piperidine rings is 1. The van der Waals surface area contributed by atoms with Crippen molar-refractivity contribution in [1.29, 1.82) is 0 Å². The highest BCUT2D eigenvalue weighted by molar-refractivity contribution is 7.15. The largest absolute Gasteiger partial charge is 0.347 e. The molecular formula is C14H17NO4S. The van der Waals surface area contributed by atoms with E-state index in [9.17, 15) is 9.59 Å². The van der Waals surface area contributed by atoms with E-state index in [0.29, 0.717) is 48.9 Å². The molecule has 1 aromatic rings. The molecule has 0 unspecified atom stereocenters. The molecule has 0 bridgehead atoms. The maximum absolute atomic E-state index is 12.4. The molecule has 2 saturated heterocycles. The Balaban J connectivity index is 1.65. The molecule has 0 N–H and O–H groups in total. The van der Waals surface area contributed by atoms with Crippen molar-refractivity contribution < 1.29 is 19.1 Å². The standard InChI is InChI=1S/C14H17NO4S/c1-10(16)11-2-3-12(20-11)13(17)15-6-4-14(5-7-15)18-8-9-19-14/h2-3H,4-9H2,1H3. The summed E-state index contributed by atoms with van der Waals surface area (Å²) >= 11 is 1.26. The monoisotopic (exact) mass is 295 g/mol. The van der Waals surface area contributed by atoms with Gasteiger partial charge in [0.15, 0.2) is 11.6 Å². The molecule has 1 amide bonds. The van der Waals surface area contributed by atoms with Crippen molar-refractivity contribution in [2.75, 3.05) is 26.3 Å². The van der Waals surface area contributed by atoms with Crippen molar-refractivity contribution in [3.63, 3.8) is 0 Å². The highest BCUT2D eigenvalue weighted by atomic mass is 32.1. The van der Waals surface area contributed by atoms with Gasteiger partial charge < -0.3 is 14.4 Å². The molecule has 2 aliphatic heterocycles. The summed E-state index contributed by atoms with van der Waals surface area (Å²) in [5.74, 6) is -0.466. The van der Waals surface area contributed by atoms with E-state index in [-0.39, 0.29) is 11.7 Å². The second-order valence-electron chi connectivity index (χ2n) is 5.12. The third kappa shape index (κ3) is 2.51. The third-order valence-corrected chi connectivity index (χ3v) is 4.96. The van der Waals surface area contributed by atoms with Crippen molar-refractivity contribution in [2.24, 2.45) is 0 Å². The van der Waals surface area contributed by atoms with Gasteiger partial charge in [-0.15, -0.1) is 11.3 Å². The van der Waals surface area contributed by atoms with Gasteiger partial charge in [-0.1, -0.05) is 0 Å². The van der Waals surface area contributed by atoms with Gasteiger partial charge in [-0.2, -0.15) is 0 Å². The van der Waals surface area contributed by atoms with E-state index in [4.69, 9.17) is 9.47 Å². The first kappa shape index (κ1) is 13.7. The lowest BCUT2D eigenvalue weighted by Gasteiger charge is -2.37. The van der Waals surface area contributed by atoms with Crippen molar-refractivity contribution in [1.82, 2.24) is 4.90 Å². The first-order valence-electron chi connectivity index (χ1n) is 6.78. The maximum Gasteiger partial charge on any atom is 0.263 e. The number of ketones is 1. The second-order valence-corrected chi connectivity index (χ2v) is 6.20. The lowest BCUT2D eigenvalue weighted by atomic mass is 10.0. The summed E-state index contributed by atoms with van der Waals surface area (Å²) in [6, 6.07) is 3.45. The van der Waals surface area contributed by atoms with Crippen LogP contribution in [0.25, 0.3) is 0 Å². The van der Waals surface area contributed by atoms with E-state index < -0.39 is 5.79 Å². The molecule has 2 aliphatic rings. The Morgan fingerprint density at radius 1 is 1.15 bits per heavy atom. The van der Waals surface area contributed by atoms with Crippen LogP contribution in [-0.4, -0.2) is 48.7 Å². The van der Waals surface area contributed by atoms with Crippen LogP contribution in [0.4, 0.5) is 0 Å². The van der Waals surface area contributed by atoms with E-state index in [1.807, 2.05) is 4.90 Å². The minimum atomic E-state index is -0.462. The average Bonchev–Trinajstić information content (AvgIpc) is 3.08. The molecule has 0 aromatic carbocycles. The first-order valence-corrected chi connectivity index (χ1v) is 7.59. The van der Waals surface area contributed by atoms with Gasteiger partial charge in [-0.25, -0.2) is 0 Å². The summed E-state index contributed by atoms with van der Waals surface area (Å²) < 4.78 is 11.3. The molecular weight excluding hydrogens is 278 g/mol. The second kappa shape index (κ2) is 5.27. The minimum Gasteiger partial charge on any atom is -0.347 e. The van der Waals surface area contributed by atoms with Crippen LogP contribution in [-0.2, 0) is 9.47 Å². The molecule has 2 fully saturated rings. The molecule has 5 nitrogen and oxygen atoms in total. The van der Waals surface area contributed by atoms with Crippen LogP contribution < -0.4 is 0 Å². The van der Waals surface area contributed by atoms with E-state index in [2.05, 4.69) is 0 Å². The van der Waals surface area contributed by atoms with Crippen molar-refractivity contribution in [3.05, 3.63) is 21.9 Å². The number of amides is 1. The molecule has 0 saturated carbocycles. The summed E-state index contributed by atoms with van der Waals surface area (Å²) in [5.41, 5.74) is 0. The summed E-state index contributed by atoms with van der Waals surface area (Å²) in [7, 11) is 0. The molecule has 0 atom stereocenters. The molecule has 3 heterocycles. The summed E-state index contributed by atoms with van der Waals surface area (Å²) in [6.07, 6.45) is 1.42. The number of nitrogens with zero attached hydrogens (tertiary/aromatic N) is 1. The predicted octanol–water partition coefficient (Wildman–Crippen LogP) is 1.93. The minimum absolute atomic E-state index is 0.000553. The van der Waals surface area contributed by atoms with Gasteiger partial charge in [-0.3, -0.25) is 9.59 Å². The van der Waals surface area contributed by atoms with Crippen LogP contribution in [0.15, 0.2) is 12.1 Å². The molecule has 1 aromatic heterocycles. The van der Waals surface area contributed by atoms with Crippen LogP contribution in [0, 0.1) is 0 Å². The highest BCUT2D eigenvalue weighted by Gasteiger charge is 2.41. The normalized spacial score (nSPS) is 21.4. The number of rotatable bonds is 2. The molecule has 3 rings (SSSR count). The topological polar surface area (TPSA) is 55.8 Å². The fourth-order valence-electron chi connectivity index (χ4n) is 2.63. The van der Waals surface area contributed by atoms with Crippen LogP contribution in [0.1, 0.15) is 39.1 Å². The Morgan fingerprint density at radius 2 is 1.75 bits per heavy atom. The highest BCUT2D eigenvalue weighted by Crippen LogP contribution is 2.32. The number of hydrogen-bond acceptors (Lipinski definition) is 5. The fourth-order valence-corrected chi connectivity index (χ4v) is 3.50. The van der Waals surface area contributed by atoms with Crippen LogP contribution >= 0.6 is 11.3 Å². The number of ether oxygens (including phenoxy) is 2. The Hall–Kier alpha value is -1.24. The van der Waals surface area contributed by atoms with Gasteiger partial charge in [0.2, 0.25) is 0 Å². The van der Waals surface area contributed by atoms with E-state index in [1.54, 1.807) is 12.1 Å². The predicted molar refractivity (Wildman–Crippen MR) is 74.1 cm³/mol. The quantitative estimate of drug-likeness (QED) is 0.782. The summed E-state index contributed by atoms with van der Waals surface area (Å²) in [6.45, 7) is 4.06. The lowest BCUT2D eigenvalue weighted by molar-refractivity contribution is -0.181. The summed E-state index contributed by atoms with van der Waals surface area (Å²) in [5, 5.41) is 0. The van der Waals surface area contributed by atoms with Crippen LogP contribution in [0.5, 0.6) is 0 Å². The number of hydrogen-bond donors (Lipinski definition) is 0. The smallest absolute Gasteiger partial charge is 0.263 e. The molecule has 6 heteroatoms. The zero-order valence-corrected chi connectivity index (χ0v) is 12.2. The molecule has 108 valence electrons. The molecule has 20 heavy (non-hydrogen) atoms.